The van der Waals surface area contributed by atoms with E-state index in [0.717, 1.165) is 12.0 Å². The number of likely N-dealkylation sites (N-methyl/N-ethyl adjacent to an activating group) is 1. The molecule has 0 spiro atoms. The molecule has 2 aromatic carbocycles. The molecule has 2 bridgehead atoms. The number of anilines is 2. The van der Waals surface area contributed by atoms with Gasteiger partial charge in [-0.25, -0.2) is 9.98 Å². The minimum absolute atomic E-state index is 0.0252. The number of piperazine rings is 1. The number of aliphatic imine (C=N–C) groups is 1. The second kappa shape index (κ2) is 13.6. The van der Waals surface area contributed by atoms with Gasteiger partial charge in [0, 0.05) is 41.9 Å². The first-order valence-electron chi connectivity index (χ1n) is 16.7. The Balaban J connectivity index is 1.33. The number of carbonyl (C=O) groups is 2. The van der Waals surface area contributed by atoms with Gasteiger partial charge in [-0.05, 0) is 85.3 Å². The number of halogens is 2. The maximum atomic E-state index is 13.9. The quantitative estimate of drug-likeness (QED) is 0.197. The highest BCUT2D eigenvalue weighted by Gasteiger charge is 2.56. The van der Waals surface area contributed by atoms with E-state index in [-0.39, 0.29) is 55.0 Å². The first kappa shape index (κ1) is 34.0. The molecule has 1 unspecified atom stereocenters. The average molecular weight is 696 g/mol. The van der Waals surface area contributed by atoms with Crippen molar-refractivity contribution in [1.82, 2.24) is 25.1 Å². The molecule has 1 saturated heterocycles. The van der Waals surface area contributed by atoms with E-state index in [2.05, 4.69) is 42.0 Å². The maximum absolute atomic E-state index is 13.9. The molecule has 1 aliphatic heterocycles. The van der Waals surface area contributed by atoms with Crippen LogP contribution < -0.4 is 26.8 Å². The normalized spacial score (nSPS) is 24.9. The monoisotopic (exact) mass is 694 g/mol. The maximum Gasteiger partial charge on any atom is 0.262 e. The van der Waals surface area contributed by atoms with Crippen molar-refractivity contribution in [2.75, 3.05) is 37.3 Å². The van der Waals surface area contributed by atoms with Crippen LogP contribution >= 0.6 is 23.2 Å². The number of fused-ring (bicyclic) bond motifs is 3. The molecule has 3 aromatic rings. The van der Waals surface area contributed by atoms with Crippen LogP contribution in [0.2, 0.25) is 10.0 Å². The smallest absolute Gasteiger partial charge is 0.262 e. The molecule has 1 aromatic heterocycles. The number of rotatable bonds is 8. The van der Waals surface area contributed by atoms with Crippen molar-refractivity contribution in [3.8, 4) is 0 Å². The number of nitrogens with one attached hydrogen (secondary N) is 4. The Hall–Kier alpha value is -3.83. The van der Waals surface area contributed by atoms with Gasteiger partial charge >= 0.3 is 0 Å². The summed E-state index contributed by atoms with van der Waals surface area (Å²) in [6.45, 7) is 10.1. The molecule has 4 aliphatic rings. The summed E-state index contributed by atoms with van der Waals surface area (Å²) in [6.07, 6.45) is 2.73. The average Bonchev–Trinajstić information content (AvgIpc) is 3.03. The second-order valence-corrected chi connectivity index (χ2v) is 14.9. The lowest BCUT2D eigenvalue weighted by Crippen LogP contribution is -2.58. The van der Waals surface area contributed by atoms with E-state index in [9.17, 15) is 14.4 Å². The fourth-order valence-electron chi connectivity index (χ4n) is 7.71. The Kier molecular flexibility index (Phi) is 9.64. The van der Waals surface area contributed by atoms with Crippen LogP contribution in [0.15, 0.2) is 46.2 Å². The third kappa shape index (κ3) is 6.85. The van der Waals surface area contributed by atoms with Gasteiger partial charge in [0.05, 0.1) is 30.0 Å². The minimum Gasteiger partial charge on any atom is -0.358 e. The van der Waals surface area contributed by atoms with Crippen LogP contribution in [0.4, 0.5) is 11.6 Å². The van der Waals surface area contributed by atoms with Crippen LogP contribution in [-0.2, 0) is 22.6 Å². The van der Waals surface area contributed by atoms with Crippen LogP contribution in [0.5, 0.6) is 0 Å². The van der Waals surface area contributed by atoms with Crippen LogP contribution in [-0.4, -0.2) is 71.0 Å². The van der Waals surface area contributed by atoms with E-state index in [1.807, 2.05) is 30.0 Å². The van der Waals surface area contributed by atoms with E-state index in [4.69, 9.17) is 33.2 Å². The molecule has 4 fully saturated rings. The predicted molar refractivity (Wildman–Crippen MR) is 192 cm³/mol. The molecule has 3 saturated carbocycles. The van der Waals surface area contributed by atoms with Gasteiger partial charge in [0.2, 0.25) is 17.8 Å². The number of benzene rings is 2. The van der Waals surface area contributed by atoms with E-state index in [1.165, 1.54) is 11.0 Å². The topological polar surface area (TPSA) is 133 Å². The molecule has 4 N–H and O–H groups in total. The molecule has 48 heavy (non-hydrogen) atoms. The van der Waals surface area contributed by atoms with Crippen molar-refractivity contribution in [2.24, 2.45) is 28.2 Å². The molecule has 2 heterocycles. The second-order valence-electron chi connectivity index (χ2n) is 14.1. The van der Waals surface area contributed by atoms with Crippen LogP contribution in [0.1, 0.15) is 46.1 Å². The minimum atomic E-state index is -0.246. The number of nitrogens with zero attached hydrogens (tertiary/aromatic N) is 4. The Morgan fingerprint density at radius 1 is 1.12 bits per heavy atom. The molecule has 11 nitrogen and oxygen atoms in total. The van der Waals surface area contributed by atoms with E-state index < -0.39 is 0 Å². The lowest BCUT2D eigenvalue weighted by Gasteiger charge is -2.61. The number of aryl methyl sites for hydroxylation is 1. The van der Waals surface area contributed by atoms with E-state index >= 15 is 0 Å². The summed E-state index contributed by atoms with van der Waals surface area (Å²) in [5, 5.41) is 13.6. The van der Waals surface area contributed by atoms with Crippen LogP contribution in [0, 0.1) is 23.2 Å². The van der Waals surface area contributed by atoms with Gasteiger partial charge in [0.25, 0.3) is 5.56 Å². The van der Waals surface area contributed by atoms with Crippen molar-refractivity contribution >= 4 is 63.5 Å². The summed E-state index contributed by atoms with van der Waals surface area (Å²) in [7, 11) is 1.55. The van der Waals surface area contributed by atoms with E-state index in [1.54, 1.807) is 25.2 Å². The molecule has 3 aliphatic carbocycles. The SMILES string of the molecule is CNC(=O)CNc1nc2cc(N/C(=N/[C@H]3C[C@@H]4C[C@H](C3C)C4(C)C)N3CC(=O)N[C@@H](C)C3)ccc2c(=O)n1CCc1ccc(Cl)cc1Cl. The molecule has 5 atom stereocenters. The number of hydrogen-bond donors (Lipinski definition) is 4. The zero-order valence-corrected chi connectivity index (χ0v) is 29.6. The summed E-state index contributed by atoms with van der Waals surface area (Å²) in [5.74, 6) is 2.32. The lowest BCUT2D eigenvalue weighted by molar-refractivity contribution is -0.124. The van der Waals surface area contributed by atoms with Crippen molar-refractivity contribution in [3.63, 3.8) is 0 Å². The van der Waals surface area contributed by atoms with Gasteiger partial charge in [0.1, 0.15) is 0 Å². The fraction of sp³-hybridized carbons (Fsp3) is 0.514. The van der Waals surface area contributed by atoms with Crippen molar-refractivity contribution in [1.29, 1.82) is 0 Å². The highest BCUT2D eigenvalue weighted by Crippen LogP contribution is 2.61. The number of carbonyl (C=O) groups excluding carboxylic acids is 2. The number of amides is 2. The van der Waals surface area contributed by atoms with E-state index in [0.29, 0.717) is 68.7 Å². The highest BCUT2D eigenvalue weighted by atomic mass is 35.5. The Morgan fingerprint density at radius 2 is 1.92 bits per heavy atom. The molecule has 256 valence electrons. The standard InChI is InChI=1S/C35H44Cl2N8O3/c1-19-17-44(18-31(47)40-19)34(42-28-13-22-12-26(20(28)2)35(22,3)4)41-24-8-9-25-29(15-24)43-33(39-16-30(46)38-5)45(32(25)48)11-10-21-6-7-23(36)14-27(21)37/h6-9,14-15,19-20,22,26,28H,10-13,16-18H2,1-5H3,(H,38,46)(H,39,43)(H,40,47)(H,41,42)/t19-,20?,22-,26+,28-/m0/s1. The zero-order valence-electron chi connectivity index (χ0n) is 28.1. The third-order valence-corrected chi connectivity index (χ3v) is 11.2. The number of hydrogen-bond acceptors (Lipinski definition) is 6. The van der Waals surface area contributed by atoms with Gasteiger partial charge in [-0.1, -0.05) is 50.0 Å². The van der Waals surface area contributed by atoms with Gasteiger partial charge < -0.3 is 26.2 Å². The summed E-state index contributed by atoms with van der Waals surface area (Å²) in [6, 6.07) is 10.8. The summed E-state index contributed by atoms with van der Waals surface area (Å²) >= 11 is 12.5. The fourth-order valence-corrected chi connectivity index (χ4v) is 8.22. The molecular weight excluding hydrogens is 651 g/mol. The largest absolute Gasteiger partial charge is 0.358 e. The van der Waals surface area contributed by atoms with Crippen molar-refractivity contribution in [3.05, 3.63) is 62.4 Å². The number of aromatic nitrogens is 2. The van der Waals surface area contributed by atoms with Gasteiger partial charge in [-0.15, -0.1) is 0 Å². The highest BCUT2D eigenvalue weighted by molar-refractivity contribution is 6.35. The van der Waals surface area contributed by atoms with Crippen molar-refractivity contribution in [2.45, 2.75) is 65.6 Å². The van der Waals surface area contributed by atoms with Crippen LogP contribution in [0.3, 0.4) is 0 Å². The predicted octanol–water partition coefficient (Wildman–Crippen LogP) is 4.76. The van der Waals surface area contributed by atoms with Gasteiger partial charge in [-0.3, -0.25) is 19.0 Å². The molecule has 7 rings (SSSR count). The molecule has 2 amide bonds. The molecular formula is C35H44Cl2N8O3. The summed E-state index contributed by atoms with van der Waals surface area (Å²) in [5.41, 5.74) is 2.09. The third-order valence-electron chi connectivity index (χ3n) is 10.7. The Labute approximate surface area is 290 Å². The first-order valence-corrected chi connectivity index (χ1v) is 17.4. The Bertz CT molecular complexity index is 1830. The van der Waals surface area contributed by atoms with Gasteiger partial charge in [0.15, 0.2) is 5.96 Å². The summed E-state index contributed by atoms with van der Waals surface area (Å²) < 4.78 is 1.53. The van der Waals surface area contributed by atoms with Crippen LogP contribution in [0.25, 0.3) is 10.9 Å². The van der Waals surface area contributed by atoms with Gasteiger partial charge in [-0.2, -0.15) is 0 Å². The number of guanidine groups is 1. The zero-order chi connectivity index (χ0) is 34.3. The first-order chi connectivity index (χ1) is 22.8. The summed E-state index contributed by atoms with van der Waals surface area (Å²) in [4.78, 5) is 50.8. The lowest BCUT2D eigenvalue weighted by atomic mass is 9.45. The van der Waals surface area contributed by atoms with Crippen molar-refractivity contribution < 1.29 is 9.59 Å². The molecule has 13 heteroatoms. The molecule has 0 radical (unpaired) electrons. The Morgan fingerprint density at radius 3 is 2.60 bits per heavy atom.